The van der Waals surface area contributed by atoms with E-state index in [9.17, 15) is 0 Å². The Morgan fingerprint density at radius 1 is 0.767 bits per heavy atom. The van der Waals surface area contributed by atoms with Crippen LogP contribution in [0.3, 0.4) is 0 Å². The van der Waals surface area contributed by atoms with E-state index >= 15 is 0 Å². The van der Waals surface area contributed by atoms with Crippen LogP contribution in [0.5, 0.6) is 5.75 Å². The topological polar surface area (TPSA) is 46.6 Å². The van der Waals surface area contributed by atoms with Gasteiger partial charge in [0.1, 0.15) is 12.4 Å². The molecule has 2 heterocycles. The molecule has 0 saturated carbocycles. The Bertz CT molecular complexity index is 877. The molecule has 0 bridgehead atoms. The maximum absolute atomic E-state index is 5.83. The van der Waals surface area contributed by atoms with E-state index in [2.05, 4.69) is 51.6 Å². The molecule has 0 unspecified atom stereocenters. The van der Waals surface area contributed by atoms with Crippen molar-refractivity contribution >= 4 is 0 Å². The lowest BCUT2D eigenvalue weighted by atomic mass is 10.1. The van der Waals surface area contributed by atoms with Crippen molar-refractivity contribution in [2.75, 3.05) is 26.3 Å². The van der Waals surface area contributed by atoms with Gasteiger partial charge in [0.05, 0.1) is 13.2 Å². The molecule has 0 atom stereocenters. The van der Waals surface area contributed by atoms with Crippen LogP contribution in [0.1, 0.15) is 22.3 Å². The molecule has 2 aromatic carbocycles. The van der Waals surface area contributed by atoms with Crippen molar-refractivity contribution in [3.8, 4) is 5.75 Å². The van der Waals surface area contributed by atoms with Crippen LogP contribution in [0.25, 0.3) is 0 Å². The van der Waals surface area contributed by atoms with Crippen molar-refractivity contribution in [3.63, 3.8) is 0 Å². The van der Waals surface area contributed by atoms with Gasteiger partial charge in [0.15, 0.2) is 0 Å². The summed E-state index contributed by atoms with van der Waals surface area (Å²) in [6.45, 7) is 7.00. The molecule has 0 spiro atoms. The molecule has 156 valence electrons. The van der Waals surface area contributed by atoms with Gasteiger partial charge in [-0.2, -0.15) is 0 Å². The van der Waals surface area contributed by atoms with Gasteiger partial charge in [-0.15, -0.1) is 0 Å². The SMILES string of the molecule is c1cc(COc2ccc(CNCc3ccc(CN4CCOCC4)cc3)cc2)ccn1. The molecule has 0 amide bonds. The second-order valence-electron chi connectivity index (χ2n) is 7.60. The van der Waals surface area contributed by atoms with Crippen molar-refractivity contribution < 1.29 is 9.47 Å². The van der Waals surface area contributed by atoms with Crippen molar-refractivity contribution in [3.05, 3.63) is 95.3 Å². The standard InChI is InChI=1S/C25H29N3O2/c1-3-23(19-28-13-15-29-16-14-28)4-2-21(1)17-27-18-22-5-7-25(8-6-22)30-20-24-9-11-26-12-10-24/h1-12,27H,13-20H2. The van der Waals surface area contributed by atoms with Crippen LogP contribution in [-0.4, -0.2) is 36.2 Å². The third kappa shape index (κ3) is 6.39. The molecule has 1 aliphatic heterocycles. The molecule has 3 aromatic rings. The van der Waals surface area contributed by atoms with Crippen LogP contribution in [0.2, 0.25) is 0 Å². The zero-order valence-electron chi connectivity index (χ0n) is 17.3. The van der Waals surface area contributed by atoms with E-state index < -0.39 is 0 Å². The van der Waals surface area contributed by atoms with E-state index in [-0.39, 0.29) is 0 Å². The van der Waals surface area contributed by atoms with Gasteiger partial charge in [-0.05, 0) is 46.5 Å². The highest BCUT2D eigenvalue weighted by Gasteiger charge is 2.10. The van der Waals surface area contributed by atoms with Crippen molar-refractivity contribution in [1.29, 1.82) is 0 Å². The summed E-state index contributed by atoms with van der Waals surface area (Å²) in [5.41, 5.74) is 5.03. The molecule has 1 saturated heterocycles. The molecule has 0 aliphatic carbocycles. The van der Waals surface area contributed by atoms with Crippen LogP contribution < -0.4 is 10.1 Å². The van der Waals surface area contributed by atoms with E-state index in [1.807, 2.05) is 24.3 Å². The van der Waals surface area contributed by atoms with Crippen LogP contribution in [0.4, 0.5) is 0 Å². The molecular formula is C25H29N3O2. The number of pyridine rings is 1. The summed E-state index contributed by atoms with van der Waals surface area (Å²) in [4.78, 5) is 6.47. The van der Waals surface area contributed by atoms with Crippen LogP contribution >= 0.6 is 0 Å². The Morgan fingerprint density at radius 3 is 2.03 bits per heavy atom. The van der Waals surface area contributed by atoms with E-state index in [4.69, 9.17) is 9.47 Å². The first kappa shape index (κ1) is 20.5. The lowest BCUT2D eigenvalue weighted by molar-refractivity contribution is 0.0342. The highest BCUT2D eigenvalue weighted by Crippen LogP contribution is 2.14. The molecule has 1 aromatic heterocycles. The molecule has 30 heavy (non-hydrogen) atoms. The average Bonchev–Trinajstić information content (AvgIpc) is 2.81. The van der Waals surface area contributed by atoms with Crippen LogP contribution in [0, 0.1) is 0 Å². The van der Waals surface area contributed by atoms with E-state index in [0.29, 0.717) is 6.61 Å². The minimum atomic E-state index is 0.557. The van der Waals surface area contributed by atoms with Gasteiger partial charge in [-0.1, -0.05) is 36.4 Å². The molecule has 1 fully saturated rings. The third-order valence-electron chi connectivity index (χ3n) is 5.27. The van der Waals surface area contributed by atoms with E-state index in [0.717, 1.165) is 57.3 Å². The number of aromatic nitrogens is 1. The third-order valence-corrected chi connectivity index (χ3v) is 5.27. The number of hydrogen-bond donors (Lipinski definition) is 1. The number of ether oxygens (including phenoxy) is 2. The second kappa shape index (κ2) is 10.9. The zero-order chi connectivity index (χ0) is 20.4. The molecule has 4 rings (SSSR count). The lowest BCUT2D eigenvalue weighted by Crippen LogP contribution is -2.35. The monoisotopic (exact) mass is 403 g/mol. The molecule has 5 heteroatoms. The second-order valence-corrected chi connectivity index (χ2v) is 7.60. The molecular weight excluding hydrogens is 374 g/mol. The van der Waals surface area contributed by atoms with Crippen LogP contribution in [0.15, 0.2) is 73.1 Å². The number of nitrogens with zero attached hydrogens (tertiary/aromatic N) is 2. The fraction of sp³-hybridized carbons (Fsp3) is 0.320. The van der Waals surface area contributed by atoms with Gasteiger partial charge in [-0.25, -0.2) is 0 Å². The predicted molar refractivity (Wildman–Crippen MR) is 118 cm³/mol. The Kier molecular flexibility index (Phi) is 7.45. The lowest BCUT2D eigenvalue weighted by Gasteiger charge is -2.26. The van der Waals surface area contributed by atoms with Gasteiger partial charge in [0.2, 0.25) is 0 Å². The number of nitrogens with one attached hydrogen (secondary N) is 1. The van der Waals surface area contributed by atoms with Crippen molar-refractivity contribution in [2.24, 2.45) is 0 Å². The normalized spacial score (nSPS) is 14.5. The Labute approximate surface area is 178 Å². The fourth-order valence-electron chi connectivity index (χ4n) is 3.48. The number of rotatable bonds is 9. The van der Waals surface area contributed by atoms with Gasteiger partial charge in [0, 0.05) is 45.1 Å². The largest absolute Gasteiger partial charge is 0.489 e. The smallest absolute Gasteiger partial charge is 0.119 e. The number of benzene rings is 2. The summed E-state index contributed by atoms with van der Waals surface area (Å²) in [5.74, 6) is 0.881. The summed E-state index contributed by atoms with van der Waals surface area (Å²) in [6, 6.07) is 21.1. The molecule has 5 nitrogen and oxygen atoms in total. The van der Waals surface area contributed by atoms with E-state index in [1.54, 1.807) is 12.4 Å². The van der Waals surface area contributed by atoms with Crippen LogP contribution in [-0.2, 0) is 31.0 Å². The quantitative estimate of drug-likeness (QED) is 0.589. The fourth-order valence-corrected chi connectivity index (χ4v) is 3.48. The van der Waals surface area contributed by atoms with Gasteiger partial charge < -0.3 is 14.8 Å². The summed E-state index contributed by atoms with van der Waals surface area (Å²) < 4.78 is 11.2. The summed E-state index contributed by atoms with van der Waals surface area (Å²) in [6.07, 6.45) is 3.57. The van der Waals surface area contributed by atoms with Gasteiger partial charge in [0.25, 0.3) is 0 Å². The first-order valence-electron chi connectivity index (χ1n) is 10.5. The molecule has 0 radical (unpaired) electrons. The maximum atomic E-state index is 5.83. The Hall–Kier alpha value is -2.73. The zero-order valence-corrected chi connectivity index (χ0v) is 17.3. The summed E-state index contributed by atoms with van der Waals surface area (Å²) >= 11 is 0. The first-order valence-corrected chi connectivity index (χ1v) is 10.5. The van der Waals surface area contributed by atoms with Crippen molar-refractivity contribution in [1.82, 2.24) is 15.2 Å². The van der Waals surface area contributed by atoms with E-state index in [1.165, 1.54) is 16.7 Å². The first-order chi connectivity index (χ1) is 14.8. The minimum Gasteiger partial charge on any atom is -0.489 e. The summed E-state index contributed by atoms with van der Waals surface area (Å²) in [5, 5.41) is 3.52. The average molecular weight is 404 g/mol. The van der Waals surface area contributed by atoms with Gasteiger partial charge in [-0.3, -0.25) is 9.88 Å². The maximum Gasteiger partial charge on any atom is 0.119 e. The highest BCUT2D eigenvalue weighted by molar-refractivity contribution is 5.28. The Balaban J connectivity index is 1.18. The summed E-state index contributed by atoms with van der Waals surface area (Å²) in [7, 11) is 0. The Morgan fingerprint density at radius 2 is 1.37 bits per heavy atom. The molecule has 1 N–H and O–H groups in total. The number of morpholine rings is 1. The van der Waals surface area contributed by atoms with Crippen molar-refractivity contribution in [2.45, 2.75) is 26.2 Å². The minimum absolute atomic E-state index is 0.557. The van der Waals surface area contributed by atoms with Gasteiger partial charge >= 0.3 is 0 Å². The number of hydrogen-bond acceptors (Lipinski definition) is 5. The predicted octanol–water partition coefficient (Wildman–Crippen LogP) is 3.78. The highest BCUT2D eigenvalue weighted by atomic mass is 16.5. The molecule has 1 aliphatic rings.